The van der Waals surface area contributed by atoms with Gasteiger partial charge in [-0.15, -0.1) is 11.3 Å². The van der Waals surface area contributed by atoms with Crippen LogP contribution in [0.5, 0.6) is 0 Å². The van der Waals surface area contributed by atoms with E-state index in [9.17, 15) is 14.4 Å². The van der Waals surface area contributed by atoms with Gasteiger partial charge in [-0.1, -0.05) is 30.3 Å². The summed E-state index contributed by atoms with van der Waals surface area (Å²) in [5.74, 6) is -0.738. The van der Waals surface area contributed by atoms with Crippen LogP contribution < -0.4 is 10.9 Å². The molecule has 0 bridgehead atoms. The molecule has 0 fully saturated rings. The van der Waals surface area contributed by atoms with E-state index in [-0.39, 0.29) is 23.9 Å². The summed E-state index contributed by atoms with van der Waals surface area (Å²) in [6.07, 6.45) is 1.58. The number of carbonyl (C=O) groups excluding carboxylic acids is 2. The Hall–Kier alpha value is -3.26. The second kappa shape index (κ2) is 9.09. The molecule has 0 spiro atoms. The van der Waals surface area contributed by atoms with Crippen molar-refractivity contribution in [1.82, 2.24) is 9.55 Å². The number of benzene rings is 1. The van der Waals surface area contributed by atoms with Crippen molar-refractivity contribution in [2.24, 2.45) is 0 Å². The van der Waals surface area contributed by atoms with E-state index in [2.05, 4.69) is 10.3 Å². The molecule has 2 aromatic heterocycles. The highest BCUT2D eigenvalue weighted by Gasteiger charge is 2.13. The predicted molar refractivity (Wildman–Crippen MR) is 107 cm³/mol. The van der Waals surface area contributed by atoms with E-state index in [4.69, 9.17) is 4.74 Å². The van der Waals surface area contributed by atoms with Crippen LogP contribution in [-0.4, -0.2) is 28.0 Å². The second-order valence-electron chi connectivity index (χ2n) is 5.95. The van der Waals surface area contributed by atoms with E-state index in [0.717, 1.165) is 5.56 Å². The lowest BCUT2D eigenvalue weighted by Gasteiger charge is -2.08. The Balaban J connectivity index is 1.69. The minimum atomic E-state index is -0.376. The molecule has 0 unspecified atom stereocenters. The van der Waals surface area contributed by atoms with Crippen molar-refractivity contribution in [1.29, 1.82) is 0 Å². The molecule has 2 heterocycles. The van der Waals surface area contributed by atoms with Gasteiger partial charge in [-0.05, 0) is 18.6 Å². The Morgan fingerprint density at radius 2 is 1.96 bits per heavy atom. The van der Waals surface area contributed by atoms with Crippen molar-refractivity contribution in [2.75, 3.05) is 11.9 Å². The fourth-order valence-corrected chi connectivity index (χ4v) is 3.25. The van der Waals surface area contributed by atoms with E-state index in [1.807, 2.05) is 30.3 Å². The molecule has 0 saturated carbocycles. The monoisotopic (exact) mass is 397 g/mol. The largest absolute Gasteiger partial charge is 0.466 e. The van der Waals surface area contributed by atoms with Gasteiger partial charge in [0.1, 0.15) is 0 Å². The fourth-order valence-electron chi connectivity index (χ4n) is 2.54. The summed E-state index contributed by atoms with van der Waals surface area (Å²) in [7, 11) is 0. The van der Waals surface area contributed by atoms with E-state index < -0.39 is 0 Å². The topological polar surface area (TPSA) is 90.3 Å². The van der Waals surface area contributed by atoms with E-state index >= 15 is 0 Å². The van der Waals surface area contributed by atoms with Crippen LogP contribution in [0.25, 0.3) is 0 Å². The highest BCUT2D eigenvalue weighted by Crippen LogP contribution is 2.17. The first kappa shape index (κ1) is 19.5. The molecule has 1 aromatic carbocycles. The Morgan fingerprint density at radius 3 is 2.71 bits per heavy atom. The first-order valence-electron chi connectivity index (χ1n) is 8.71. The normalized spacial score (nSPS) is 10.5. The number of thiazole rings is 1. The van der Waals surface area contributed by atoms with E-state index in [1.54, 1.807) is 12.3 Å². The number of nitrogens with zero attached hydrogens (tertiary/aromatic N) is 2. The smallest absolute Gasteiger partial charge is 0.311 e. The molecular weight excluding hydrogens is 378 g/mol. The summed E-state index contributed by atoms with van der Waals surface area (Å²) in [6, 6.07) is 12.4. The van der Waals surface area contributed by atoms with Gasteiger partial charge in [-0.3, -0.25) is 19.7 Å². The van der Waals surface area contributed by atoms with E-state index in [1.165, 1.54) is 34.2 Å². The maximum Gasteiger partial charge on any atom is 0.311 e. The summed E-state index contributed by atoms with van der Waals surface area (Å²) >= 11 is 1.22. The molecule has 1 N–H and O–H groups in total. The van der Waals surface area contributed by atoms with Crippen LogP contribution in [0.2, 0.25) is 0 Å². The van der Waals surface area contributed by atoms with Crippen molar-refractivity contribution in [3.05, 3.63) is 81.2 Å². The molecule has 7 nitrogen and oxygen atoms in total. The summed E-state index contributed by atoms with van der Waals surface area (Å²) in [6.45, 7) is 2.43. The molecule has 28 heavy (non-hydrogen) atoms. The molecule has 144 valence electrons. The summed E-state index contributed by atoms with van der Waals surface area (Å²) in [4.78, 5) is 40.3. The lowest BCUT2D eigenvalue weighted by atomic mass is 10.2. The van der Waals surface area contributed by atoms with Crippen LogP contribution in [-0.2, 0) is 22.5 Å². The maximum absolute atomic E-state index is 12.5. The van der Waals surface area contributed by atoms with Gasteiger partial charge in [0.25, 0.3) is 11.5 Å². The number of pyridine rings is 1. The van der Waals surface area contributed by atoms with Gasteiger partial charge in [-0.25, -0.2) is 4.98 Å². The second-order valence-corrected chi connectivity index (χ2v) is 6.81. The Morgan fingerprint density at radius 1 is 1.18 bits per heavy atom. The lowest BCUT2D eigenvalue weighted by molar-refractivity contribution is -0.142. The molecule has 8 heteroatoms. The van der Waals surface area contributed by atoms with Crippen molar-refractivity contribution in [3.8, 4) is 0 Å². The minimum absolute atomic E-state index is 0.0577. The predicted octanol–water partition coefficient (Wildman–Crippen LogP) is 2.71. The fraction of sp³-hybridized carbons (Fsp3) is 0.200. The third-order valence-corrected chi connectivity index (χ3v) is 4.65. The van der Waals surface area contributed by atoms with Crippen molar-refractivity contribution >= 4 is 28.3 Å². The van der Waals surface area contributed by atoms with E-state index in [0.29, 0.717) is 29.5 Å². The maximum atomic E-state index is 12.5. The number of ether oxygens (including phenoxy) is 1. The number of rotatable bonds is 7. The number of esters is 1. The van der Waals surface area contributed by atoms with Gasteiger partial charge in [0.2, 0.25) is 0 Å². The summed E-state index contributed by atoms with van der Waals surface area (Å²) in [5, 5.41) is 4.77. The average Bonchev–Trinajstić information content (AvgIpc) is 3.11. The zero-order valence-electron chi connectivity index (χ0n) is 15.3. The Bertz CT molecular complexity index is 1030. The number of amides is 1. The molecule has 0 saturated heterocycles. The molecule has 3 aromatic rings. The molecule has 3 rings (SSSR count). The number of hydrogen-bond donors (Lipinski definition) is 1. The molecule has 1 amide bonds. The highest BCUT2D eigenvalue weighted by atomic mass is 32.1. The minimum Gasteiger partial charge on any atom is -0.466 e. The third kappa shape index (κ3) is 5.14. The standard InChI is InChI=1S/C20H19N3O4S/c1-2-27-18(25)10-16-13-28-20(21-16)22-19(26)15-8-9-17(24)23(12-15)11-14-6-4-3-5-7-14/h3-9,12-13H,2,10-11H2,1H3,(H,21,22,26). The molecule has 0 aliphatic heterocycles. The number of nitrogens with one attached hydrogen (secondary N) is 1. The molecule has 0 atom stereocenters. The summed E-state index contributed by atoms with van der Waals surface area (Å²) in [5.41, 5.74) is 1.66. The van der Waals surface area contributed by atoms with Gasteiger partial charge >= 0.3 is 5.97 Å². The molecule has 0 radical (unpaired) electrons. The van der Waals surface area contributed by atoms with Gasteiger partial charge in [0.05, 0.1) is 30.8 Å². The van der Waals surface area contributed by atoms with Crippen LogP contribution >= 0.6 is 11.3 Å². The number of aromatic nitrogens is 2. The van der Waals surface area contributed by atoms with Crippen molar-refractivity contribution in [3.63, 3.8) is 0 Å². The van der Waals surface area contributed by atoms with Gasteiger partial charge in [0.15, 0.2) is 5.13 Å². The quantitative estimate of drug-likeness (QED) is 0.619. The summed E-state index contributed by atoms with van der Waals surface area (Å²) < 4.78 is 6.37. The highest BCUT2D eigenvalue weighted by molar-refractivity contribution is 7.14. The lowest BCUT2D eigenvalue weighted by Crippen LogP contribution is -2.22. The number of anilines is 1. The van der Waals surface area contributed by atoms with Gasteiger partial charge in [0, 0.05) is 17.6 Å². The number of hydrogen-bond acceptors (Lipinski definition) is 6. The van der Waals surface area contributed by atoms with Gasteiger partial charge < -0.3 is 9.30 Å². The van der Waals surface area contributed by atoms with Gasteiger partial charge in [-0.2, -0.15) is 0 Å². The zero-order chi connectivity index (χ0) is 19.9. The average molecular weight is 397 g/mol. The first-order chi connectivity index (χ1) is 13.5. The molecule has 0 aliphatic rings. The Kier molecular flexibility index (Phi) is 6.33. The van der Waals surface area contributed by atoms with Crippen molar-refractivity contribution in [2.45, 2.75) is 19.9 Å². The molecule has 0 aliphatic carbocycles. The Labute approximate surface area is 165 Å². The van der Waals surface area contributed by atoms with Crippen molar-refractivity contribution < 1.29 is 14.3 Å². The zero-order valence-corrected chi connectivity index (χ0v) is 16.1. The third-order valence-electron chi connectivity index (χ3n) is 3.84. The van der Waals surface area contributed by atoms with Crippen LogP contribution in [0.1, 0.15) is 28.5 Å². The van der Waals surface area contributed by atoms with Crippen LogP contribution in [0.15, 0.2) is 58.8 Å². The van der Waals surface area contributed by atoms with Crippen LogP contribution in [0.3, 0.4) is 0 Å². The van der Waals surface area contributed by atoms with Crippen LogP contribution in [0, 0.1) is 0 Å². The molecular formula is C20H19N3O4S. The SMILES string of the molecule is CCOC(=O)Cc1csc(NC(=O)c2ccc(=O)n(Cc3ccccc3)c2)n1. The first-order valence-corrected chi connectivity index (χ1v) is 9.59. The number of carbonyl (C=O) groups is 2. The van der Waals surface area contributed by atoms with Crippen LogP contribution in [0.4, 0.5) is 5.13 Å².